The maximum Gasteiger partial charge on any atom is 0.130 e. The monoisotopic (exact) mass is 182 g/mol. The summed E-state index contributed by atoms with van der Waals surface area (Å²) in [6.07, 6.45) is 1.53. The fourth-order valence-electron chi connectivity index (χ4n) is 0.965. The molecule has 0 amide bonds. The van der Waals surface area contributed by atoms with Crippen molar-refractivity contribution in [3.05, 3.63) is 35.9 Å². The molecule has 0 aliphatic rings. The molecule has 0 aliphatic carbocycles. The van der Waals surface area contributed by atoms with Gasteiger partial charge >= 0.3 is 0 Å². The summed E-state index contributed by atoms with van der Waals surface area (Å²) in [5.74, 6) is 0.258. The lowest BCUT2D eigenvalue weighted by molar-refractivity contribution is -0.116. The van der Waals surface area contributed by atoms with E-state index >= 15 is 0 Å². The van der Waals surface area contributed by atoms with E-state index in [4.69, 9.17) is 0 Å². The highest BCUT2D eigenvalue weighted by atomic mass is 16.1. The van der Waals surface area contributed by atoms with Crippen LogP contribution in [0.4, 0.5) is 0 Å². The molecule has 1 aromatic rings. The first-order chi connectivity index (χ1) is 5.29. The average Bonchev–Trinajstić information content (AvgIpc) is 2.03. The van der Waals surface area contributed by atoms with Crippen molar-refractivity contribution >= 4 is 5.78 Å². The Morgan fingerprint density at radius 3 is 2.15 bits per heavy atom. The summed E-state index contributed by atoms with van der Waals surface area (Å²) in [6.45, 7) is 1.63. The predicted octanol–water partition coefficient (Wildman–Crippen LogP) is 2.53. The van der Waals surface area contributed by atoms with Crippen LogP contribution in [0.5, 0.6) is 0 Å². The van der Waals surface area contributed by atoms with Crippen molar-refractivity contribution in [3.63, 3.8) is 0 Å². The molecule has 1 aromatic carbocycles. The molecule has 0 saturated carbocycles. The quantitative estimate of drug-likeness (QED) is 0.752. The normalized spacial score (nSPS) is 8.08. The third kappa shape index (κ3) is 6.02. The van der Waals surface area contributed by atoms with Gasteiger partial charge in [0.15, 0.2) is 0 Å². The first kappa shape index (κ1) is 14.3. The number of benzene rings is 1. The van der Waals surface area contributed by atoms with Crippen LogP contribution >= 0.6 is 0 Å². The first-order valence-corrected chi connectivity index (χ1v) is 3.82. The summed E-state index contributed by atoms with van der Waals surface area (Å²) in [7, 11) is 0. The molecule has 0 spiro atoms. The lowest BCUT2D eigenvalue weighted by Gasteiger charge is -1.96. The maximum atomic E-state index is 10.6. The Labute approximate surface area is 79.3 Å². The van der Waals surface area contributed by atoms with E-state index in [1.165, 1.54) is 5.56 Å². The highest BCUT2D eigenvalue weighted by Crippen LogP contribution is 2.01. The number of carbonyl (C=O) groups is 1. The topological polar surface area (TPSA) is 87.1 Å². The average molecular weight is 182 g/mol. The molecule has 0 aliphatic heterocycles. The van der Waals surface area contributed by atoms with Gasteiger partial charge in [0.2, 0.25) is 0 Å². The van der Waals surface area contributed by atoms with E-state index in [2.05, 4.69) is 0 Å². The summed E-state index contributed by atoms with van der Waals surface area (Å²) in [5.41, 5.74) is 1.24. The zero-order valence-corrected chi connectivity index (χ0v) is 8.12. The Kier molecular flexibility index (Phi) is 8.23. The van der Waals surface area contributed by atoms with E-state index in [9.17, 15) is 4.79 Å². The van der Waals surface area contributed by atoms with Gasteiger partial charge in [0.25, 0.3) is 0 Å². The van der Waals surface area contributed by atoms with Crippen LogP contribution in [0.25, 0.3) is 0 Å². The number of rotatable bonds is 3. The molecule has 0 atom stereocenters. The molecular weight excluding hydrogens is 164 g/mol. The summed E-state index contributed by atoms with van der Waals surface area (Å²) in [4.78, 5) is 10.6. The van der Waals surface area contributed by atoms with Crippen molar-refractivity contribution < 1.29 is 4.79 Å². The summed E-state index contributed by atoms with van der Waals surface area (Å²) < 4.78 is 0. The number of carbonyl (C=O) groups excluding carboxylic acids is 1. The molecule has 3 nitrogen and oxygen atoms in total. The van der Waals surface area contributed by atoms with Crippen molar-refractivity contribution in [2.24, 2.45) is 0 Å². The Morgan fingerprint density at radius 2 is 1.69 bits per heavy atom. The fourth-order valence-corrected chi connectivity index (χ4v) is 0.965. The molecule has 0 unspecified atom stereocenters. The van der Waals surface area contributed by atoms with Gasteiger partial charge in [-0.25, -0.2) is 0 Å². The molecule has 0 heterocycles. The maximum absolute atomic E-state index is 10.6. The van der Waals surface area contributed by atoms with Crippen LogP contribution in [0.3, 0.4) is 0 Å². The van der Waals surface area contributed by atoms with Crippen LogP contribution in [0.15, 0.2) is 30.3 Å². The van der Waals surface area contributed by atoms with Gasteiger partial charge < -0.3 is 17.1 Å². The summed E-state index contributed by atoms with van der Waals surface area (Å²) in [6, 6.07) is 10.1. The first-order valence-electron chi connectivity index (χ1n) is 3.82. The fraction of sp³-hybridized carbons (Fsp3) is 0.300. The van der Waals surface area contributed by atoms with Gasteiger partial charge in [-0.2, -0.15) is 0 Å². The van der Waals surface area contributed by atoms with E-state index < -0.39 is 0 Å². The second-order valence-electron chi connectivity index (χ2n) is 2.69. The zero-order valence-electron chi connectivity index (χ0n) is 8.12. The van der Waals surface area contributed by atoms with Crippen molar-refractivity contribution in [1.82, 2.24) is 12.3 Å². The second kappa shape index (κ2) is 7.46. The Hall–Kier alpha value is -1.19. The van der Waals surface area contributed by atoms with Crippen LogP contribution in [0.2, 0.25) is 0 Å². The number of ketones is 1. The predicted molar refractivity (Wildman–Crippen MR) is 55.5 cm³/mol. The molecule has 1 rings (SSSR count). The van der Waals surface area contributed by atoms with Crippen LogP contribution in [-0.2, 0) is 11.2 Å². The van der Waals surface area contributed by atoms with Gasteiger partial charge in [0, 0.05) is 6.42 Å². The minimum absolute atomic E-state index is 0. The van der Waals surface area contributed by atoms with Crippen molar-refractivity contribution in [2.45, 2.75) is 19.8 Å². The van der Waals surface area contributed by atoms with Gasteiger partial charge in [-0.1, -0.05) is 30.3 Å². The Bertz CT molecular complexity index is 234. The van der Waals surface area contributed by atoms with Crippen LogP contribution in [-0.4, -0.2) is 5.78 Å². The minimum atomic E-state index is 0. The number of hydrogen-bond donors (Lipinski definition) is 2. The van der Waals surface area contributed by atoms with Gasteiger partial charge in [0.05, 0.1) is 0 Å². The highest BCUT2D eigenvalue weighted by molar-refractivity contribution is 5.75. The highest BCUT2D eigenvalue weighted by Gasteiger charge is 1.94. The van der Waals surface area contributed by atoms with Crippen molar-refractivity contribution in [3.8, 4) is 0 Å². The third-order valence-electron chi connectivity index (χ3n) is 1.61. The van der Waals surface area contributed by atoms with Gasteiger partial charge in [-0.15, -0.1) is 0 Å². The van der Waals surface area contributed by atoms with Crippen molar-refractivity contribution in [2.75, 3.05) is 0 Å². The molecule has 0 aromatic heterocycles. The van der Waals surface area contributed by atoms with Gasteiger partial charge in [-0.3, -0.25) is 0 Å². The third-order valence-corrected chi connectivity index (χ3v) is 1.61. The zero-order chi connectivity index (χ0) is 8.10. The van der Waals surface area contributed by atoms with E-state index in [1.54, 1.807) is 6.92 Å². The second-order valence-corrected chi connectivity index (χ2v) is 2.69. The molecule has 0 radical (unpaired) electrons. The van der Waals surface area contributed by atoms with E-state index in [-0.39, 0.29) is 18.1 Å². The summed E-state index contributed by atoms with van der Waals surface area (Å²) >= 11 is 0. The number of aryl methyl sites for hydroxylation is 1. The van der Waals surface area contributed by atoms with E-state index in [1.807, 2.05) is 30.3 Å². The number of hydrogen-bond acceptors (Lipinski definition) is 3. The minimum Gasteiger partial charge on any atom is -0.344 e. The molecule has 6 N–H and O–H groups in total. The lowest BCUT2D eigenvalue weighted by atomic mass is 10.1. The molecule has 0 saturated heterocycles. The smallest absolute Gasteiger partial charge is 0.130 e. The standard InChI is InChI=1S/C10H12O.2H3N/c1-9(11)7-8-10-5-3-2-4-6-10;;/h2-6H,7-8H2,1H3;2*1H3. The lowest BCUT2D eigenvalue weighted by Crippen LogP contribution is -1.92. The Morgan fingerprint density at radius 1 is 1.15 bits per heavy atom. The molecule has 0 bridgehead atoms. The SMILES string of the molecule is CC(=O)CCc1ccccc1.N.N. The largest absolute Gasteiger partial charge is 0.344 e. The van der Waals surface area contributed by atoms with Crippen LogP contribution in [0.1, 0.15) is 18.9 Å². The molecular formula is C10H18N2O. The molecule has 0 fully saturated rings. The number of Topliss-reactive ketones (excluding diaryl/α,β-unsaturated/α-hetero) is 1. The molecule has 74 valence electrons. The van der Waals surface area contributed by atoms with Gasteiger partial charge in [0.1, 0.15) is 5.78 Å². The summed E-state index contributed by atoms with van der Waals surface area (Å²) in [5, 5.41) is 0. The molecule has 3 heteroatoms. The molecule has 13 heavy (non-hydrogen) atoms. The van der Waals surface area contributed by atoms with Crippen LogP contribution < -0.4 is 12.3 Å². The van der Waals surface area contributed by atoms with Gasteiger partial charge in [-0.05, 0) is 18.9 Å². The van der Waals surface area contributed by atoms with Crippen LogP contribution in [0, 0.1) is 0 Å². The van der Waals surface area contributed by atoms with E-state index in [0.29, 0.717) is 6.42 Å². The van der Waals surface area contributed by atoms with E-state index in [0.717, 1.165) is 6.42 Å². The van der Waals surface area contributed by atoms with Crippen molar-refractivity contribution in [1.29, 1.82) is 0 Å². The Balaban J connectivity index is 0.